The lowest BCUT2D eigenvalue weighted by Crippen LogP contribution is -2.34. The van der Waals surface area contributed by atoms with Crippen LogP contribution in [0, 0.1) is 0 Å². The van der Waals surface area contributed by atoms with E-state index in [0.29, 0.717) is 28.8 Å². The molecule has 30 heavy (non-hydrogen) atoms. The van der Waals surface area contributed by atoms with E-state index in [1.807, 2.05) is 0 Å². The molecule has 0 fully saturated rings. The van der Waals surface area contributed by atoms with Gasteiger partial charge >= 0.3 is 0 Å². The van der Waals surface area contributed by atoms with Crippen LogP contribution in [-0.4, -0.2) is 35.7 Å². The van der Waals surface area contributed by atoms with Gasteiger partial charge in [0, 0.05) is 17.9 Å². The first kappa shape index (κ1) is 20.6. The Hall–Kier alpha value is -2.69. The van der Waals surface area contributed by atoms with E-state index in [0.717, 1.165) is 24.6 Å². The standard InChI is InChI=1S/C18H14Cl2N6O3S/c19-11-8-21-18(25-24-11)30-10-5-3-4-9(14(10)20)22-15(27)13-16(28)23-12-6-1-2-7-26(12)17(13)29/h3-5,8,28H,1-2,6-7H2,(H,22,27). The number of carbonyl (C=O) groups excluding carboxylic acids is 1. The number of rotatable bonds is 4. The molecule has 1 amide bonds. The summed E-state index contributed by atoms with van der Waals surface area (Å²) in [5, 5.41) is 21.0. The Kier molecular flexibility index (Phi) is 5.89. The van der Waals surface area contributed by atoms with Crippen LogP contribution in [-0.2, 0) is 13.0 Å². The van der Waals surface area contributed by atoms with Crippen molar-refractivity contribution in [2.24, 2.45) is 0 Å². The zero-order chi connectivity index (χ0) is 21.3. The summed E-state index contributed by atoms with van der Waals surface area (Å²) in [7, 11) is 0. The van der Waals surface area contributed by atoms with Gasteiger partial charge in [-0.25, -0.2) is 4.98 Å². The molecule has 1 aromatic carbocycles. The minimum atomic E-state index is -0.792. The van der Waals surface area contributed by atoms with Crippen LogP contribution < -0.4 is 10.9 Å². The van der Waals surface area contributed by atoms with Crippen molar-refractivity contribution in [3.63, 3.8) is 0 Å². The van der Waals surface area contributed by atoms with E-state index < -0.39 is 22.9 Å². The fourth-order valence-corrected chi connectivity index (χ4v) is 4.13. The van der Waals surface area contributed by atoms with Crippen molar-refractivity contribution in [1.29, 1.82) is 0 Å². The van der Waals surface area contributed by atoms with E-state index in [4.69, 9.17) is 23.2 Å². The lowest BCUT2D eigenvalue weighted by molar-refractivity contribution is 0.102. The molecule has 4 rings (SSSR count). The maximum atomic E-state index is 12.8. The van der Waals surface area contributed by atoms with E-state index >= 15 is 0 Å². The van der Waals surface area contributed by atoms with Gasteiger partial charge in [-0.3, -0.25) is 14.2 Å². The van der Waals surface area contributed by atoms with Crippen LogP contribution in [0.3, 0.4) is 0 Å². The molecule has 0 spiro atoms. The average molecular weight is 465 g/mol. The van der Waals surface area contributed by atoms with Crippen molar-refractivity contribution in [3.8, 4) is 5.88 Å². The highest BCUT2D eigenvalue weighted by Gasteiger charge is 2.24. The molecule has 9 nitrogen and oxygen atoms in total. The molecule has 12 heteroatoms. The Bertz CT molecular complexity index is 1190. The van der Waals surface area contributed by atoms with Crippen LogP contribution in [0.25, 0.3) is 0 Å². The number of aryl methyl sites for hydroxylation is 1. The van der Waals surface area contributed by atoms with Gasteiger partial charge in [-0.15, -0.1) is 10.2 Å². The highest BCUT2D eigenvalue weighted by molar-refractivity contribution is 7.99. The molecule has 0 aliphatic carbocycles. The van der Waals surface area contributed by atoms with Gasteiger partial charge in [-0.05, 0) is 36.7 Å². The van der Waals surface area contributed by atoms with Crippen LogP contribution in [0.5, 0.6) is 5.88 Å². The fraction of sp³-hybridized carbons (Fsp3) is 0.222. The van der Waals surface area contributed by atoms with Gasteiger partial charge in [0.05, 0.1) is 16.9 Å². The van der Waals surface area contributed by atoms with Crippen LogP contribution in [0.4, 0.5) is 5.69 Å². The number of anilines is 1. The van der Waals surface area contributed by atoms with E-state index in [1.54, 1.807) is 18.2 Å². The number of halogens is 2. The normalized spacial score (nSPS) is 13.0. The first-order valence-electron chi connectivity index (χ1n) is 8.89. The second kappa shape index (κ2) is 8.58. The zero-order valence-corrected chi connectivity index (χ0v) is 17.6. The molecule has 0 atom stereocenters. The summed E-state index contributed by atoms with van der Waals surface area (Å²) in [6, 6.07) is 4.96. The third-order valence-corrected chi connectivity index (χ3v) is 6.04. The maximum Gasteiger partial charge on any atom is 0.270 e. The number of nitrogens with one attached hydrogen (secondary N) is 1. The highest BCUT2D eigenvalue weighted by atomic mass is 35.5. The number of carbonyl (C=O) groups is 1. The van der Waals surface area contributed by atoms with E-state index in [1.165, 1.54) is 10.8 Å². The maximum absolute atomic E-state index is 12.8. The van der Waals surface area contributed by atoms with Crippen LogP contribution in [0.2, 0.25) is 10.2 Å². The monoisotopic (exact) mass is 464 g/mol. The summed E-state index contributed by atoms with van der Waals surface area (Å²) < 4.78 is 1.43. The van der Waals surface area contributed by atoms with E-state index in [2.05, 4.69) is 25.5 Å². The van der Waals surface area contributed by atoms with Gasteiger partial charge in [0.2, 0.25) is 11.0 Å². The number of amides is 1. The van der Waals surface area contributed by atoms with Gasteiger partial charge < -0.3 is 10.4 Å². The Balaban J connectivity index is 1.61. The first-order chi connectivity index (χ1) is 14.4. The SMILES string of the molecule is O=C(Nc1cccc(Sc2ncc(Cl)nn2)c1Cl)c1c(O)nc2n(c1=O)CCCC2. The molecule has 0 unspecified atom stereocenters. The summed E-state index contributed by atoms with van der Waals surface area (Å²) >= 11 is 13.2. The van der Waals surface area contributed by atoms with Crippen LogP contribution >= 0.6 is 35.0 Å². The molecule has 2 aromatic heterocycles. The Morgan fingerprint density at radius 3 is 2.83 bits per heavy atom. The summed E-state index contributed by atoms with van der Waals surface area (Å²) in [6.07, 6.45) is 3.63. The topological polar surface area (TPSA) is 123 Å². The summed E-state index contributed by atoms with van der Waals surface area (Å²) in [5.41, 5.74) is -0.730. The molecule has 0 saturated heterocycles. The van der Waals surface area contributed by atoms with E-state index in [-0.39, 0.29) is 15.9 Å². The van der Waals surface area contributed by atoms with Gasteiger partial charge in [0.25, 0.3) is 11.5 Å². The highest BCUT2D eigenvalue weighted by Crippen LogP contribution is 2.36. The minimum absolute atomic E-state index is 0.163. The van der Waals surface area contributed by atoms with Gasteiger partial charge in [-0.2, -0.15) is 4.98 Å². The molecule has 0 bridgehead atoms. The predicted molar refractivity (Wildman–Crippen MR) is 111 cm³/mol. The quantitative estimate of drug-likeness (QED) is 0.603. The third kappa shape index (κ3) is 4.11. The minimum Gasteiger partial charge on any atom is -0.493 e. The molecule has 1 aliphatic rings. The van der Waals surface area contributed by atoms with Crippen LogP contribution in [0.15, 0.2) is 39.2 Å². The third-order valence-electron chi connectivity index (χ3n) is 4.41. The van der Waals surface area contributed by atoms with Gasteiger partial charge in [-0.1, -0.05) is 29.3 Å². The summed E-state index contributed by atoms with van der Waals surface area (Å²) in [5.74, 6) is -0.902. The number of aromatic nitrogens is 5. The van der Waals surface area contributed by atoms with E-state index in [9.17, 15) is 14.7 Å². The molecule has 3 heterocycles. The van der Waals surface area contributed by atoms with Crippen LogP contribution in [0.1, 0.15) is 29.0 Å². The number of nitrogens with zero attached hydrogens (tertiary/aromatic N) is 5. The predicted octanol–water partition coefficient (Wildman–Crippen LogP) is 3.18. The molecule has 2 N–H and O–H groups in total. The molecule has 3 aromatic rings. The van der Waals surface area contributed by atoms with Crippen molar-refractivity contribution >= 4 is 46.6 Å². The Morgan fingerprint density at radius 1 is 1.23 bits per heavy atom. The number of benzene rings is 1. The first-order valence-corrected chi connectivity index (χ1v) is 10.5. The molecular formula is C18H14Cl2N6O3S. The Labute approximate surface area is 184 Å². The van der Waals surface area contributed by atoms with Crippen molar-refractivity contribution in [1.82, 2.24) is 24.7 Å². The van der Waals surface area contributed by atoms with Crippen molar-refractivity contribution in [3.05, 3.63) is 56.3 Å². The molecule has 1 aliphatic heterocycles. The number of hydrogen-bond acceptors (Lipinski definition) is 8. The smallest absolute Gasteiger partial charge is 0.270 e. The molecule has 0 saturated carbocycles. The number of hydrogen-bond donors (Lipinski definition) is 2. The Morgan fingerprint density at radius 2 is 2.07 bits per heavy atom. The fourth-order valence-electron chi connectivity index (χ4n) is 3.03. The second-order valence-electron chi connectivity index (χ2n) is 6.38. The molecular weight excluding hydrogens is 451 g/mol. The van der Waals surface area contributed by atoms with Crippen molar-refractivity contribution < 1.29 is 9.90 Å². The summed E-state index contributed by atoms with van der Waals surface area (Å²) in [6.45, 7) is 0.462. The number of aromatic hydroxyl groups is 1. The lowest BCUT2D eigenvalue weighted by Gasteiger charge is -2.18. The lowest BCUT2D eigenvalue weighted by atomic mass is 10.1. The zero-order valence-electron chi connectivity index (χ0n) is 15.3. The largest absolute Gasteiger partial charge is 0.493 e. The number of fused-ring (bicyclic) bond motifs is 1. The van der Waals surface area contributed by atoms with Crippen molar-refractivity contribution in [2.75, 3.05) is 5.32 Å². The van der Waals surface area contributed by atoms with Gasteiger partial charge in [0.1, 0.15) is 5.82 Å². The van der Waals surface area contributed by atoms with Crippen molar-refractivity contribution in [2.45, 2.75) is 35.9 Å². The molecule has 154 valence electrons. The second-order valence-corrected chi connectivity index (χ2v) is 8.15. The molecule has 0 radical (unpaired) electrons. The van der Waals surface area contributed by atoms with Gasteiger partial charge in [0.15, 0.2) is 10.7 Å². The summed E-state index contributed by atoms with van der Waals surface area (Å²) in [4.78, 5) is 34.1. The average Bonchev–Trinajstić information content (AvgIpc) is 2.72.